The van der Waals surface area contributed by atoms with Crippen LogP contribution in [0.5, 0.6) is 0 Å². The predicted molar refractivity (Wildman–Crippen MR) is 98.8 cm³/mol. The maximum atomic E-state index is 13.7. The summed E-state index contributed by atoms with van der Waals surface area (Å²) in [6.45, 7) is 2.99. The Morgan fingerprint density at radius 2 is 1.96 bits per heavy atom. The van der Waals surface area contributed by atoms with Gasteiger partial charge in [-0.2, -0.15) is 0 Å². The van der Waals surface area contributed by atoms with Crippen molar-refractivity contribution in [3.8, 4) is 0 Å². The van der Waals surface area contributed by atoms with Gasteiger partial charge in [-0.1, -0.05) is 19.3 Å². The molecule has 1 fully saturated rings. The van der Waals surface area contributed by atoms with Gasteiger partial charge in [0.1, 0.15) is 11.6 Å². The molecule has 0 bridgehead atoms. The highest BCUT2D eigenvalue weighted by molar-refractivity contribution is 5.81. The molecule has 0 radical (unpaired) electrons. The molecule has 0 aromatic heterocycles. The molecule has 1 aliphatic rings. The van der Waals surface area contributed by atoms with Crippen molar-refractivity contribution in [3.63, 3.8) is 0 Å². The van der Waals surface area contributed by atoms with Crippen molar-refractivity contribution < 1.29 is 13.6 Å². The summed E-state index contributed by atoms with van der Waals surface area (Å²) >= 11 is 0. The van der Waals surface area contributed by atoms with Crippen LogP contribution in [0.2, 0.25) is 0 Å². The monoisotopic (exact) mass is 366 g/mol. The maximum Gasteiger partial charge on any atom is 0.221 e. The SMILES string of the molecule is CCNC(=NCc1cc(F)ccc1F)NCCC(=O)NC1CCCCC1. The van der Waals surface area contributed by atoms with E-state index in [4.69, 9.17) is 0 Å². The van der Waals surface area contributed by atoms with E-state index in [1.165, 1.54) is 19.3 Å². The lowest BCUT2D eigenvalue weighted by Gasteiger charge is -2.22. The van der Waals surface area contributed by atoms with E-state index in [2.05, 4.69) is 20.9 Å². The molecule has 1 amide bonds. The van der Waals surface area contributed by atoms with Gasteiger partial charge in [0.15, 0.2) is 5.96 Å². The molecule has 0 spiro atoms. The van der Waals surface area contributed by atoms with E-state index in [1.54, 1.807) is 0 Å². The molecule has 5 nitrogen and oxygen atoms in total. The summed E-state index contributed by atoms with van der Waals surface area (Å²) < 4.78 is 26.9. The van der Waals surface area contributed by atoms with Crippen LogP contribution in [0.3, 0.4) is 0 Å². The molecule has 7 heteroatoms. The Kier molecular flexibility index (Phi) is 8.31. The number of aliphatic imine (C=N–C) groups is 1. The van der Waals surface area contributed by atoms with Crippen LogP contribution in [0.15, 0.2) is 23.2 Å². The zero-order valence-electron chi connectivity index (χ0n) is 15.3. The van der Waals surface area contributed by atoms with Crippen LogP contribution < -0.4 is 16.0 Å². The normalized spacial score (nSPS) is 15.6. The first-order chi connectivity index (χ1) is 12.6. The molecule has 3 N–H and O–H groups in total. The number of nitrogens with one attached hydrogen (secondary N) is 3. The average molecular weight is 366 g/mol. The first kappa shape index (κ1) is 20.1. The summed E-state index contributed by atoms with van der Waals surface area (Å²) in [6.07, 6.45) is 6.07. The number of rotatable bonds is 7. The number of benzene rings is 1. The van der Waals surface area contributed by atoms with Crippen molar-refractivity contribution in [2.45, 2.75) is 58.0 Å². The first-order valence-corrected chi connectivity index (χ1v) is 9.34. The minimum absolute atomic E-state index is 0.0210. The van der Waals surface area contributed by atoms with Gasteiger partial charge < -0.3 is 16.0 Å². The standard InChI is InChI=1S/C19H28F2N4O/c1-2-22-19(24-13-14-12-15(20)8-9-17(14)21)23-11-10-18(26)25-16-6-4-3-5-7-16/h8-9,12,16H,2-7,10-11,13H2,1H3,(H,25,26)(H2,22,23,24). The lowest BCUT2D eigenvalue weighted by molar-refractivity contribution is -0.121. The lowest BCUT2D eigenvalue weighted by Crippen LogP contribution is -2.41. The topological polar surface area (TPSA) is 65.5 Å². The second-order valence-corrected chi connectivity index (χ2v) is 6.51. The number of hydrogen-bond acceptors (Lipinski definition) is 2. The smallest absolute Gasteiger partial charge is 0.221 e. The highest BCUT2D eigenvalue weighted by Gasteiger charge is 2.15. The average Bonchev–Trinajstić information content (AvgIpc) is 2.63. The number of guanidine groups is 1. The van der Waals surface area contributed by atoms with Crippen LogP contribution >= 0.6 is 0 Å². The van der Waals surface area contributed by atoms with Crippen LogP contribution in [0.25, 0.3) is 0 Å². The molecule has 2 rings (SSSR count). The summed E-state index contributed by atoms with van der Waals surface area (Å²) in [7, 11) is 0. The van der Waals surface area contributed by atoms with E-state index in [9.17, 15) is 13.6 Å². The lowest BCUT2D eigenvalue weighted by atomic mass is 9.95. The summed E-state index contributed by atoms with van der Waals surface area (Å²) in [5, 5.41) is 9.15. The van der Waals surface area contributed by atoms with Crippen LogP contribution in [-0.4, -0.2) is 31.0 Å². The molecule has 0 unspecified atom stereocenters. The van der Waals surface area contributed by atoms with Crippen molar-refractivity contribution in [1.82, 2.24) is 16.0 Å². The fourth-order valence-corrected chi connectivity index (χ4v) is 3.01. The number of halogens is 2. The molecule has 1 saturated carbocycles. The highest BCUT2D eigenvalue weighted by Crippen LogP contribution is 2.17. The summed E-state index contributed by atoms with van der Waals surface area (Å²) in [5.41, 5.74) is 0.192. The fourth-order valence-electron chi connectivity index (χ4n) is 3.01. The van der Waals surface area contributed by atoms with Crippen molar-refractivity contribution in [1.29, 1.82) is 0 Å². The van der Waals surface area contributed by atoms with Crippen LogP contribution in [0, 0.1) is 11.6 Å². The van der Waals surface area contributed by atoms with E-state index in [0.717, 1.165) is 31.0 Å². The Bertz CT molecular complexity index is 616. The van der Waals surface area contributed by atoms with Gasteiger partial charge in [0.25, 0.3) is 0 Å². The third-order valence-corrected chi connectivity index (χ3v) is 4.37. The van der Waals surface area contributed by atoms with Gasteiger partial charge >= 0.3 is 0 Å². The van der Waals surface area contributed by atoms with Gasteiger partial charge in [0, 0.05) is 31.1 Å². The number of nitrogens with zero attached hydrogens (tertiary/aromatic N) is 1. The Labute approximate surface area is 153 Å². The largest absolute Gasteiger partial charge is 0.357 e. The minimum atomic E-state index is -0.492. The molecule has 0 atom stereocenters. The van der Waals surface area contributed by atoms with E-state index in [0.29, 0.717) is 31.5 Å². The van der Waals surface area contributed by atoms with Gasteiger partial charge in [-0.05, 0) is 38.0 Å². The first-order valence-electron chi connectivity index (χ1n) is 9.34. The van der Waals surface area contributed by atoms with E-state index < -0.39 is 11.6 Å². The minimum Gasteiger partial charge on any atom is -0.357 e. The molecular weight excluding hydrogens is 338 g/mol. The zero-order valence-corrected chi connectivity index (χ0v) is 15.3. The zero-order chi connectivity index (χ0) is 18.8. The number of carbonyl (C=O) groups excluding carboxylic acids is 1. The molecule has 0 saturated heterocycles. The Morgan fingerprint density at radius 1 is 1.19 bits per heavy atom. The molecule has 1 aromatic rings. The van der Waals surface area contributed by atoms with E-state index in [1.807, 2.05) is 6.92 Å². The molecule has 1 aromatic carbocycles. The van der Waals surface area contributed by atoms with E-state index in [-0.39, 0.29) is 18.0 Å². The molecule has 1 aliphatic carbocycles. The summed E-state index contributed by atoms with van der Waals surface area (Å²) in [4.78, 5) is 16.3. The third kappa shape index (κ3) is 6.98. The molecule has 0 aliphatic heterocycles. The molecule has 144 valence electrons. The van der Waals surface area contributed by atoms with Crippen LogP contribution in [0.1, 0.15) is 51.0 Å². The fraction of sp³-hybridized carbons (Fsp3) is 0.579. The Morgan fingerprint density at radius 3 is 2.69 bits per heavy atom. The van der Waals surface area contributed by atoms with Crippen LogP contribution in [-0.2, 0) is 11.3 Å². The van der Waals surface area contributed by atoms with E-state index >= 15 is 0 Å². The summed E-state index contributed by atoms with van der Waals surface area (Å²) in [5.74, 6) is -0.482. The number of carbonyl (C=O) groups is 1. The second-order valence-electron chi connectivity index (χ2n) is 6.51. The van der Waals surface area contributed by atoms with Crippen molar-refractivity contribution in [2.75, 3.05) is 13.1 Å². The summed E-state index contributed by atoms with van der Waals surface area (Å²) in [6, 6.07) is 3.61. The van der Waals surface area contributed by atoms with Crippen LogP contribution in [0.4, 0.5) is 8.78 Å². The van der Waals surface area contributed by atoms with Crippen molar-refractivity contribution in [3.05, 3.63) is 35.4 Å². The molecule has 0 heterocycles. The maximum absolute atomic E-state index is 13.7. The third-order valence-electron chi connectivity index (χ3n) is 4.37. The van der Waals surface area contributed by atoms with Gasteiger partial charge in [0.2, 0.25) is 5.91 Å². The Balaban J connectivity index is 1.79. The van der Waals surface area contributed by atoms with Crippen molar-refractivity contribution in [2.24, 2.45) is 4.99 Å². The van der Waals surface area contributed by atoms with Gasteiger partial charge in [-0.25, -0.2) is 13.8 Å². The highest BCUT2D eigenvalue weighted by atomic mass is 19.1. The van der Waals surface area contributed by atoms with Gasteiger partial charge in [-0.3, -0.25) is 4.79 Å². The van der Waals surface area contributed by atoms with Gasteiger partial charge in [0.05, 0.1) is 6.54 Å². The number of hydrogen-bond donors (Lipinski definition) is 3. The molecule has 26 heavy (non-hydrogen) atoms. The Hall–Kier alpha value is -2.18. The predicted octanol–water partition coefficient (Wildman–Crippen LogP) is 2.86. The van der Waals surface area contributed by atoms with Gasteiger partial charge in [-0.15, -0.1) is 0 Å². The quantitative estimate of drug-likeness (QED) is 0.514. The van der Waals surface area contributed by atoms with Crippen molar-refractivity contribution >= 4 is 11.9 Å². The second kappa shape index (κ2) is 10.7. The number of amides is 1. The molecular formula is C19H28F2N4O.